The van der Waals surface area contributed by atoms with Crippen LogP contribution in [0.1, 0.15) is 48.9 Å². The molecule has 0 saturated carbocycles. The Balaban J connectivity index is 1.80. The maximum absolute atomic E-state index is 2.36. The molecule has 27 heavy (non-hydrogen) atoms. The van der Waals surface area contributed by atoms with Gasteiger partial charge in [0.1, 0.15) is 0 Å². The van der Waals surface area contributed by atoms with Crippen molar-refractivity contribution in [2.45, 2.75) is 37.4 Å². The van der Waals surface area contributed by atoms with Gasteiger partial charge in [0, 0.05) is 0 Å². The minimum absolute atomic E-state index is 0.200. The summed E-state index contributed by atoms with van der Waals surface area (Å²) in [6, 6.07) is 31.3. The molecule has 0 spiro atoms. The molecule has 1 unspecified atom stereocenters. The average molecular weight is 417 g/mol. The van der Waals surface area contributed by atoms with Crippen LogP contribution in [0.4, 0.5) is 0 Å². The molecule has 136 valence electrons. The molecular weight excluding hydrogens is 391 g/mol. The first-order valence-corrected chi connectivity index (χ1v) is 11.7. The van der Waals surface area contributed by atoms with Crippen LogP contribution in [0, 0.1) is 0 Å². The van der Waals surface area contributed by atoms with Crippen molar-refractivity contribution in [1.29, 1.82) is 0 Å². The van der Waals surface area contributed by atoms with E-state index in [0.717, 1.165) is 0 Å². The second-order valence-corrected chi connectivity index (χ2v) is 10.4. The fraction of sp³-hybridized carbons (Fsp3) is 0.231. The van der Waals surface area contributed by atoms with Gasteiger partial charge in [-0.3, -0.25) is 0 Å². The molecule has 0 aliphatic carbocycles. The van der Waals surface area contributed by atoms with Crippen molar-refractivity contribution < 1.29 is 0 Å². The van der Waals surface area contributed by atoms with Gasteiger partial charge in [0.05, 0.1) is 0 Å². The second kappa shape index (κ2) is 7.50. The summed E-state index contributed by atoms with van der Waals surface area (Å²) in [4.78, 5) is 0. The topological polar surface area (TPSA) is 0 Å². The Bertz CT molecular complexity index is 929. The SMILES string of the molecule is CC(C)(C)c1ccc(C2C[Se]C(c3ccccc3)=C2c2ccccc2)cc1. The Morgan fingerprint density at radius 1 is 0.704 bits per heavy atom. The van der Waals surface area contributed by atoms with Crippen LogP contribution in [0.2, 0.25) is 5.32 Å². The zero-order valence-corrected chi connectivity index (χ0v) is 18.0. The van der Waals surface area contributed by atoms with Gasteiger partial charge in [-0.1, -0.05) is 0 Å². The molecule has 0 radical (unpaired) electrons. The van der Waals surface area contributed by atoms with Gasteiger partial charge in [0.2, 0.25) is 0 Å². The summed E-state index contributed by atoms with van der Waals surface area (Å²) in [5, 5.41) is 1.25. The summed E-state index contributed by atoms with van der Waals surface area (Å²) < 4.78 is 1.57. The fourth-order valence-electron chi connectivity index (χ4n) is 3.74. The monoisotopic (exact) mass is 418 g/mol. The molecule has 0 saturated heterocycles. The first-order valence-electron chi connectivity index (χ1n) is 9.62. The van der Waals surface area contributed by atoms with Crippen molar-refractivity contribution >= 4 is 25.0 Å². The van der Waals surface area contributed by atoms with Crippen LogP contribution < -0.4 is 0 Å². The van der Waals surface area contributed by atoms with Crippen LogP contribution in [0.3, 0.4) is 0 Å². The Morgan fingerprint density at radius 2 is 1.26 bits per heavy atom. The average Bonchev–Trinajstić information content (AvgIpc) is 3.14. The van der Waals surface area contributed by atoms with Crippen molar-refractivity contribution in [1.82, 2.24) is 0 Å². The zero-order chi connectivity index (χ0) is 18.9. The van der Waals surface area contributed by atoms with Gasteiger partial charge in [-0.05, 0) is 0 Å². The van der Waals surface area contributed by atoms with E-state index in [-0.39, 0.29) is 5.41 Å². The van der Waals surface area contributed by atoms with Crippen molar-refractivity contribution in [3.05, 3.63) is 107 Å². The third-order valence-electron chi connectivity index (χ3n) is 5.29. The van der Waals surface area contributed by atoms with Gasteiger partial charge < -0.3 is 0 Å². The predicted octanol–water partition coefficient (Wildman–Crippen LogP) is 6.77. The van der Waals surface area contributed by atoms with Crippen molar-refractivity contribution in [2.24, 2.45) is 0 Å². The van der Waals surface area contributed by atoms with Crippen LogP contribution in [0.15, 0.2) is 84.9 Å². The second-order valence-electron chi connectivity index (χ2n) is 8.21. The molecule has 0 bridgehead atoms. The number of benzene rings is 3. The van der Waals surface area contributed by atoms with E-state index < -0.39 is 0 Å². The summed E-state index contributed by atoms with van der Waals surface area (Å²) >= 11 is 0.500. The van der Waals surface area contributed by atoms with E-state index in [9.17, 15) is 0 Å². The molecule has 0 nitrogen and oxygen atoms in total. The Labute approximate surface area is 169 Å². The normalized spacial score (nSPS) is 17.4. The Hall–Kier alpha value is -2.08. The molecule has 4 rings (SSSR count). The van der Waals surface area contributed by atoms with E-state index in [1.54, 1.807) is 4.47 Å². The van der Waals surface area contributed by atoms with Crippen LogP contribution in [0.5, 0.6) is 0 Å². The van der Waals surface area contributed by atoms with E-state index in [1.165, 1.54) is 33.1 Å². The molecule has 3 aromatic carbocycles. The van der Waals surface area contributed by atoms with E-state index in [1.807, 2.05) is 0 Å². The molecule has 1 heterocycles. The van der Waals surface area contributed by atoms with Crippen molar-refractivity contribution in [3.63, 3.8) is 0 Å². The number of rotatable bonds is 3. The van der Waals surface area contributed by atoms with Crippen LogP contribution in [-0.4, -0.2) is 15.0 Å². The maximum atomic E-state index is 2.36. The first-order chi connectivity index (χ1) is 13.0. The third kappa shape index (κ3) is 3.81. The molecule has 3 aromatic rings. The van der Waals surface area contributed by atoms with Crippen LogP contribution >= 0.6 is 0 Å². The van der Waals surface area contributed by atoms with Gasteiger partial charge in [-0.15, -0.1) is 0 Å². The zero-order valence-electron chi connectivity index (χ0n) is 16.3. The molecule has 0 aromatic heterocycles. The number of allylic oxidation sites excluding steroid dienone is 1. The van der Waals surface area contributed by atoms with Gasteiger partial charge in [0.15, 0.2) is 0 Å². The third-order valence-corrected chi connectivity index (χ3v) is 7.90. The Kier molecular flexibility index (Phi) is 5.08. The van der Waals surface area contributed by atoms with Gasteiger partial charge >= 0.3 is 170 Å². The molecule has 1 aliphatic heterocycles. The quantitative estimate of drug-likeness (QED) is 0.413. The molecular formula is C26H26Se. The standard InChI is InChI=1S/C26H26Se/c1-26(2,3)22-16-14-19(15-17-22)23-18-27-25(21-12-8-5-9-13-21)24(23)20-10-6-4-7-11-20/h4-17,23H,18H2,1-3H3. The summed E-state index contributed by atoms with van der Waals surface area (Å²) in [6.07, 6.45) is 0. The number of hydrogen-bond acceptors (Lipinski definition) is 0. The molecule has 1 aliphatic rings. The molecule has 1 atom stereocenters. The van der Waals surface area contributed by atoms with E-state index in [4.69, 9.17) is 0 Å². The van der Waals surface area contributed by atoms with Crippen molar-refractivity contribution in [2.75, 3.05) is 0 Å². The first kappa shape index (κ1) is 18.3. The van der Waals surface area contributed by atoms with Crippen molar-refractivity contribution in [3.8, 4) is 0 Å². The van der Waals surface area contributed by atoms with E-state index in [2.05, 4.69) is 106 Å². The summed E-state index contributed by atoms with van der Waals surface area (Å²) in [5.41, 5.74) is 7.36. The summed E-state index contributed by atoms with van der Waals surface area (Å²) in [6.45, 7) is 6.84. The van der Waals surface area contributed by atoms with E-state index in [0.29, 0.717) is 20.9 Å². The molecule has 0 N–H and O–H groups in total. The van der Waals surface area contributed by atoms with Crippen LogP contribution in [-0.2, 0) is 5.41 Å². The fourth-order valence-corrected chi connectivity index (χ4v) is 6.70. The summed E-state index contributed by atoms with van der Waals surface area (Å²) in [7, 11) is 0. The molecule has 0 fully saturated rings. The van der Waals surface area contributed by atoms with E-state index >= 15 is 0 Å². The molecule has 1 heteroatoms. The van der Waals surface area contributed by atoms with Gasteiger partial charge in [0.25, 0.3) is 0 Å². The van der Waals surface area contributed by atoms with Gasteiger partial charge in [-0.25, -0.2) is 0 Å². The minimum atomic E-state index is 0.200. The predicted molar refractivity (Wildman–Crippen MR) is 118 cm³/mol. The van der Waals surface area contributed by atoms with Crippen LogP contribution in [0.25, 0.3) is 10.0 Å². The van der Waals surface area contributed by atoms with Gasteiger partial charge in [-0.2, -0.15) is 0 Å². The Morgan fingerprint density at radius 3 is 1.81 bits per heavy atom. The molecule has 0 amide bonds. The summed E-state index contributed by atoms with van der Waals surface area (Å²) in [5.74, 6) is 0.497. The number of hydrogen-bond donors (Lipinski definition) is 0.